The molecule has 0 radical (unpaired) electrons. The van der Waals surface area contributed by atoms with Gasteiger partial charge in [0, 0.05) is 11.7 Å². The lowest BCUT2D eigenvalue weighted by Crippen LogP contribution is -2.50. The van der Waals surface area contributed by atoms with Crippen LogP contribution in [-0.4, -0.2) is 40.6 Å². The van der Waals surface area contributed by atoms with E-state index in [1.54, 1.807) is 11.8 Å². The molecule has 1 aromatic rings. The van der Waals surface area contributed by atoms with E-state index in [1.807, 2.05) is 36.1 Å². The van der Waals surface area contributed by atoms with Crippen LogP contribution in [0.4, 0.5) is 5.69 Å². The first kappa shape index (κ1) is 17.7. The van der Waals surface area contributed by atoms with Crippen LogP contribution in [0.25, 0.3) is 6.08 Å². The lowest BCUT2D eigenvalue weighted by atomic mass is 9.88. The predicted octanol–water partition coefficient (Wildman–Crippen LogP) is 3.10. The first-order valence-corrected chi connectivity index (χ1v) is 10.4. The molecular weight excluding hydrogens is 352 g/mol. The number of hydrogen-bond donors (Lipinski definition) is 0. The zero-order valence-electron chi connectivity index (χ0n) is 16.4. The molecule has 1 saturated carbocycles. The Kier molecular flexibility index (Phi) is 3.97. The number of amides is 2. The van der Waals surface area contributed by atoms with E-state index in [0.29, 0.717) is 0 Å². The van der Waals surface area contributed by atoms with Gasteiger partial charge >= 0.3 is 0 Å². The van der Waals surface area contributed by atoms with E-state index in [4.69, 9.17) is 0 Å². The minimum Gasteiger partial charge on any atom is -0.353 e. The molecular formula is C23H26N2O3. The van der Waals surface area contributed by atoms with Crippen molar-refractivity contribution in [3.8, 4) is 0 Å². The number of anilines is 1. The molecule has 2 saturated heterocycles. The molecule has 0 N–H and O–H groups in total. The molecule has 0 unspecified atom stereocenters. The number of imide groups is 1. The Balaban J connectivity index is 1.57. The smallest absolute Gasteiger partial charge is 0.236 e. The first-order valence-electron chi connectivity index (χ1n) is 10.4. The molecule has 146 valence electrons. The highest BCUT2D eigenvalue weighted by Crippen LogP contribution is 2.49. The average molecular weight is 378 g/mol. The summed E-state index contributed by atoms with van der Waals surface area (Å²) >= 11 is 0. The molecule has 1 aliphatic carbocycles. The zero-order chi connectivity index (χ0) is 19.6. The third-order valence-corrected chi connectivity index (χ3v) is 7.05. The van der Waals surface area contributed by atoms with Crippen molar-refractivity contribution in [3.63, 3.8) is 0 Å². The van der Waals surface area contributed by atoms with E-state index in [0.717, 1.165) is 42.5 Å². The summed E-state index contributed by atoms with van der Waals surface area (Å²) < 4.78 is 0. The van der Waals surface area contributed by atoms with Crippen LogP contribution < -0.4 is 4.90 Å². The summed E-state index contributed by atoms with van der Waals surface area (Å²) in [5.41, 5.74) is 3.15. The lowest BCUT2D eigenvalue weighted by Gasteiger charge is -2.37. The number of benzene rings is 1. The second-order valence-electron chi connectivity index (χ2n) is 8.76. The van der Waals surface area contributed by atoms with Crippen LogP contribution in [0.3, 0.4) is 0 Å². The highest BCUT2D eigenvalue weighted by molar-refractivity contribution is 6.11. The third-order valence-electron chi connectivity index (χ3n) is 7.05. The molecule has 0 spiro atoms. The quantitative estimate of drug-likeness (QED) is 0.742. The van der Waals surface area contributed by atoms with Crippen molar-refractivity contribution < 1.29 is 14.4 Å². The Bertz CT molecular complexity index is 899. The molecule has 0 aromatic heterocycles. The molecule has 4 aliphatic rings. The molecule has 3 fully saturated rings. The van der Waals surface area contributed by atoms with Crippen molar-refractivity contribution in [2.45, 2.75) is 64.1 Å². The Labute approximate surface area is 165 Å². The Morgan fingerprint density at radius 1 is 1.04 bits per heavy atom. The maximum absolute atomic E-state index is 13.4. The second-order valence-corrected chi connectivity index (χ2v) is 8.76. The van der Waals surface area contributed by atoms with E-state index in [9.17, 15) is 14.4 Å². The average Bonchev–Trinajstić information content (AvgIpc) is 3.15. The van der Waals surface area contributed by atoms with Crippen molar-refractivity contribution in [1.82, 2.24) is 4.90 Å². The van der Waals surface area contributed by atoms with Crippen LogP contribution in [0.15, 0.2) is 24.3 Å². The summed E-state index contributed by atoms with van der Waals surface area (Å²) in [5.74, 6) is -1.24. The van der Waals surface area contributed by atoms with Gasteiger partial charge in [0.25, 0.3) is 0 Å². The largest absolute Gasteiger partial charge is 0.353 e. The number of fused-ring (bicyclic) bond motifs is 5. The lowest BCUT2D eigenvalue weighted by molar-refractivity contribution is -0.144. The molecule has 0 bridgehead atoms. The number of nitrogens with zero attached hydrogens (tertiary/aromatic N) is 2. The van der Waals surface area contributed by atoms with Crippen molar-refractivity contribution in [2.75, 3.05) is 4.90 Å². The second kappa shape index (κ2) is 6.29. The van der Waals surface area contributed by atoms with Crippen molar-refractivity contribution in [2.24, 2.45) is 11.8 Å². The van der Waals surface area contributed by atoms with E-state index in [-0.39, 0.29) is 29.7 Å². The topological polar surface area (TPSA) is 57.7 Å². The monoisotopic (exact) mass is 378 g/mol. The highest BCUT2D eigenvalue weighted by atomic mass is 16.2. The molecule has 5 rings (SSSR count). The van der Waals surface area contributed by atoms with E-state index < -0.39 is 17.9 Å². The van der Waals surface area contributed by atoms with Gasteiger partial charge in [0.05, 0.1) is 17.9 Å². The highest BCUT2D eigenvalue weighted by Gasteiger charge is 2.64. The van der Waals surface area contributed by atoms with Crippen LogP contribution in [0.2, 0.25) is 0 Å². The summed E-state index contributed by atoms with van der Waals surface area (Å²) in [6.45, 7) is 3.59. The van der Waals surface area contributed by atoms with Crippen LogP contribution >= 0.6 is 0 Å². The number of rotatable bonds is 2. The standard InChI is InChI=1S/C23H26N2O3/c1-13-8-10-17-15(12-13)9-11-18-19-20(21(14(2)26)25(17)18)23(28)24(22(19)27)16-6-4-3-5-7-16/h8-12,16,18-21H,3-7H2,1-2H3/t18-,19-,20+,21+/m1/s1. The SMILES string of the molecule is CC(=O)[C@H]1[C@H]2C(=O)N(C3CCCCC3)C(=O)[C@@H]2[C@H]2C=Cc3cc(C)ccc3N21. The summed E-state index contributed by atoms with van der Waals surface area (Å²) in [7, 11) is 0. The fourth-order valence-corrected chi connectivity index (χ4v) is 5.87. The fraction of sp³-hybridized carbons (Fsp3) is 0.522. The van der Waals surface area contributed by atoms with Crippen LogP contribution in [-0.2, 0) is 14.4 Å². The molecule has 5 nitrogen and oxygen atoms in total. The van der Waals surface area contributed by atoms with Gasteiger partial charge in [0.1, 0.15) is 6.04 Å². The summed E-state index contributed by atoms with van der Waals surface area (Å²) in [6.07, 6.45) is 9.17. The number of carbonyl (C=O) groups excluding carboxylic acids is 3. The number of likely N-dealkylation sites (tertiary alicyclic amines) is 1. The molecule has 28 heavy (non-hydrogen) atoms. The third kappa shape index (κ3) is 2.34. The fourth-order valence-electron chi connectivity index (χ4n) is 5.87. The van der Waals surface area contributed by atoms with Gasteiger partial charge in [-0.1, -0.05) is 43.0 Å². The van der Waals surface area contributed by atoms with Crippen LogP contribution in [0, 0.1) is 18.8 Å². The number of Topliss-reactive ketones (excluding diaryl/α,β-unsaturated/α-hetero) is 1. The number of hydrogen-bond acceptors (Lipinski definition) is 4. The van der Waals surface area contributed by atoms with E-state index in [2.05, 4.69) is 6.07 Å². The molecule has 5 heteroatoms. The Morgan fingerprint density at radius 3 is 2.46 bits per heavy atom. The van der Waals surface area contributed by atoms with Gasteiger partial charge in [-0.3, -0.25) is 19.3 Å². The van der Waals surface area contributed by atoms with Gasteiger partial charge in [0.15, 0.2) is 5.78 Å². The van der Waals surface area contributed by atoms with E-state index in [1.165, 1.54) is 6.42 Å². The van der Waals surface area contributed by atoms with Crippen molar-refractivity contribution in [1.29, 1.82) is 0 Å². The minimum atomic E-state index is -0.563. The molecule has 4 atom stereocenters. The molecule has 3 aliphatic heterocycles. The summed E-state index contributed by atoms with van der Waals surface area (Å²) in [4.78, 5) is 43.1. The number of ketones is 1. The number of aryl methyl sites for hydroxylation is 1. The molecule has 2 amide bonds. The van der Waals surface area contributed by atoms with Gasteiger partial charge < -0.3 is 4.90 Å². The van der Waals surface area contributed by atoms with Gasteiger partial charge in [0.2, 0.25) is 11.8 Å². The molecule has 1 aromatic carbocycles. The maximum Gasteiger partial charge on any atom is 0.236 e. The first-order chi connectivity index (χ1) is 13.5. The Hall–Kier alpha value is -2.43. The summed E-state index contributed by atoms with van der Waals surface area (Å²) in [6, 6.07) is 5.36. The van der Waals surface area contributed by atoms with Gasteiger partial charge in [-0.05, 0) is 44.4 Å². The van der Waals surface area contributed by atoms with Gasteiger partial charge in [-0.25, -0.2) is 0 Å². The van der Waals surface area contributed by atoms with Gasteiger partial charge in [-0.15, -0.1) is 0 Å². The maximum atomic E-state index is 13.4. The van der Waals surface area contributed by atoms with Crippen molar-refractivity contribution in [3.05, 3.63) is 35.4 Å². The molecule has 3 heterocycles. The van der Waals surface area contributed by atoms with Crippen molar-refractivity contribution >= 4 is 29.4 Å². The van der Waals surface area contributed by atoms with E-state index >= 15 is 0 Å². The van der Waals surface area contributed by atoms with Crippen LogP contribution in [0.1, 0.15) is 50.2 Å². The summed E-state index contributed by atoms with van der Waals surface area (Å²) in [5, 5.41) is 0. The number of carbonyl (C=O) groups is 3. The van der Waals surface area contributed by atoms with Gasteiger partial charge in [-0.2, -0.15) is 0 Å². The normalized spacial score (nSPS) is 31.8. The predicted molar refractivity (Wildman–Crippen MR) is 107 cm³/mol. The van der Waals surface area contributed by atoms with Crippen LogP contribution in [0.5, 0.6) is 0 Å². The zero-order valence-corrected chi connectivity index (χ0v) is 16.4. The Morgan fingerprint density at radius 2 is 1.75 bits per heavy atom. The minimum absolute atomic E-state index is 0.0166.